The first-order chi connectivity index (χ1) is 11.4. The van der Waals surface area contributed by atoms with Gasteiger partial charge in [-0.25, -0.2) is 4.72 Å². The fourth-order valence-electron chi connectivity index (χ4n) is 5.98. The first kappa shape index (κ1) is 16.3. The largest absolute Gasteiger partial charge is 0.267 e. The monoisotopic (exact) mass is 344 g/mol. The standard InChI is InChI=1S/C20H28N2OS/c1-14-3-5-18(6-4-14)24(2,23)22-19(13-21)20-10-15-7-16(11-20)9-17(8-15)12-20/h3-6,15-17,19,24H,7-12H2,1-2H3,(H,22,23)/t15?,16?,17?,19-,20?/m1/s1. The van der Waals surface area contributed by atoms with Crippen LogP contribution in [0.1, 0.15) is 44.1 Å². The molecule has 0 aliphatic heterocycles. The zero-order chi connectivity index (χ0) is 16.9. The number of nitriles is 1. The Morgan fingerprint density at radius 2 is 1.62 bits per heavy atom. The van der Waals surface area contributed by atoms with Crippen LogP contribution in [0.15, 0.2) is 29.2 Å². The third kappa shape index (κ3) is 2.72. The summed E-state index contributed by atoms with van der Waals surface area (Å²) in [5.41, 5.74) is 1.22. The van der Waals surface area contributed by atoms with E-state index in [4.69, 9.17) is 0 Å². The highest BCUT2D eigenvalue weighted by atomic mass is 32.3. The van der Waals surface area contributed by atoms with Gasteiger partial charge in [-0.15, -0.1) is 0 Å². The highest BCUT2D eigenvalue weighted by molar-refractivity contribution is 8.00. The van der Waals surface area contributed by atoms with Crippen molar-refractivity contribution in [2.24, 2.45) is 23.2 Å². The van der Waals surface area contributed by atoms with Crippen LogP contribution >= 0.6 is 0 Å². The van der Waals surface area contributed by atoms with Crippen molar-refractivity contribution in [2.75, 3.05) is 6.26 Å². The zero-order valence-corrected chi connectivity index (χ0v) is 15.6. The molecule has 1 atom stereocenters. The summed E-state index contributed by atoms with van der Waals surface area (Å²) in [7, 11) is -2.73. The molecular weight excluding hydrogens is 316 g/mol. The Morgan fingerprint density at radius 1 is 1.12 bits per heavy atom. The Labute approximate surface area is 146 Å². The lowest BCUT2D eigenvalue weighted by atomic mass is 9.48. The summed E-state index contributed by atoms with van der Waals surface area (Å²) in [6, 6.07) is 10.1. The average molecular weight is 345 g/mol. The lowest BCUT2D eigenvalue weighted by molar-refractivity contribution is -0.0603. The summed E-state index contributed by atoms with van der Waals surface area (Å²) in [6.07, 6.45) is 9.31. The van der Waals surface area contributed by atoms with Crippen molar-refractivity contribution in [1.82, 2.24) is 4.72 Å². The van der Waals surface area contributed by atoms with E-state index in [-0.39, 0.29) is 11.5 Å². The minimum Gasteiger partial charge on any atom is -0.267 e. The predicted octanol–water partition coefficient (Wildman–Crippen LogP) is 3.61. The summed E-state index contributed by atoms with van der Waals surface area (Å²) >= 11 is 0. The van der Waals surface area contributed by atoms with Gasteiger partial charge in [-0.3, -0.25) is 4.21 Å². The van der Waals surface area contributed by atoms with Crippen LogP contribution in [0.5, 0.6) is 0 Å². The number of hydrogen-bond donors (Lipinski definition) is 2. The normalized spacial score (nSPS) is 36.3. The van der Waals surface area contributed by atoms with E-state index in [0.717, 1.165) is 47.5 Å². The molecule has 4 saturated carbocycles. The maximum atomic E-state index is 13.3. The van der Waals surface area contributed by atoms with Gasteiger partial charge in [-0.1, -0.05) is 17.7 Å². The Hall–Kier alpha value is -1.18. The van der Waals surface area contributed by atoms with Crippen LogP contribution in [0.2, 0.25) is 0 Å². The average Bonchev–Trinajstić information content (AvgIpc) is 2.51. The number of hydrogen-bond acceptors (Lipinski definition) is 2. The second-order valence-corrected chi connectivity index (χ2v) is 11.4. The molecule has 0 spiro atoms. The fraction of sp³-hybridized carbons (Fsp3) is 0.650. The van der Waals surface area contributed by atoms with Crippen LogP contribution in [0, 0.1) is 41.4 Å². The molecule has 0 aromatic heterocycles. The van der Waals surface area contributed by atoms with E-state index < -0.39 is 10.1 Å². The quantitative estimate of drug-likeness (QED) is 0.820. The molecule has 4 heteroatoms. The highest BCUT2D eigenvalue weighted by Crippen LogP contribution is 2.61. The summed E-state index contributed by atoms with van der Waals surface area (Å²) in [4.78, 5) is 0.832. The van der Waals surface area contributed by atoms with Crippen molar-refractivity contribution in [1.29, 1.82) is 5.26 Å². The summed E-state index contributed by atoms with van der Waals surface area (Å²) in [6.45, 7) is 2.03. The molecule has 1 aromatic rings. The van der Waals surface area contributed by atoms with Gasteiger partial charge in [0.1, 0.15) is 6.04 Å². The Balaban J connectivity index is 1.59. The van der Waals surface area contributed by atoms with E-state index >= 15 is 0 Å². The number of benzene rings is 1. The Bertz CT molecular complexity index is 683. The van der Waals surface area contributed by atoms with Gasteiger partial charge >= 0.3 is 0 Å². The molecular formula is C20H28N2OS. The lowest BCUT2D eigenvalue weighted by Gasteiger charge is -2.58. The first-order valence-corrected chi connectivity index (χ1v) is 11.4. The van der Waals surface area contributed by atoms with Crippen LogP contribution in [-0.2, 0) is 10.1 Å². The molecule has 130 valence electrons. The molecule has 4 fully saturated rings. The minimum atomic E-state index is -2.73. The highest BCUT2D eigenvalue weighted by Gasteiger charge is 2.54. The van der Waals surface area contributed by atoms with Crippen molar-refractivity contribution in [3.05, 3.63) is 29.8 Å². The maximum absolute atomic E-state index is 13.3. The van der Waals surface area contributed by atoms with Crippen molar-refractivity contribution < 1.29 is 4.21 Å². The topological polar surface area (TPSA) is 52.9 Å². The second-order valence-electron chi connectivity index (χ2n) is 8.73. The van der Waals surface area contributed by atoms with E-state index in [9.17, 15) is 9.47 Å². The van der Waals surface area contributed by atoms with E-state index in [1.165, 1.54) is 19.3 Å². The predicted molar refractivity (Wildman–Crippen MR) is 98.0 cm³/mol. The van der Waals surface area contributed by atoms with Gasteiger partial charge in [0.2, 0.25) is 0 Å². The van der Waals surface area contributed by atoms with E-state index in [2.05, 4.69) is 10.8 Å². The number of aryl methyl sites for hydroxylation is 1. The minimum absolute atomic E-state index is 0.0554. The Kier molecular flexibility index (Phi) is 3.85. The lowest BCUT2D eigenvalue weighted by Crippen LogP contribution is -2.57. The molecule has 0 radical (unpaired) electrons. The van der Waals surface area contributed by atoms with Crippen molar-refractivity contribution >= 4 is 10.1 Å². The third-order valence-electron chi connectivity index (χ3n) is 6.73. The van der Waals surface area contributed by atoms with Gasteiger partial charge in [0.15, 0.2) is 0 Å². The van der Waals surface area contributed by atoms with Crippen molar-refractivity contribution in [2.45, 2.75) is 56.4 Å². The van der Waals surface area contributed by atoms with Gasteiger partial charge in [-0.05, 0) is 85.5 Å². The molecule has 5 rings (SSSR count). The summed E-state index contributed by atoms with van der Waals surface area (Å²) in [5.74, 6) is 2.39. The summed E-state index contributed by atoms with van der Waals surface area (Å²) in [5, 5.41) is 9.91. The molecule has 4 aliphatic carbocycles. The number of nitrogens with one attached hydrogen (secondary N) is 1. The second kappa shape index (κ2) is 5.68. The molecule has 4 aliphatic rings. The van der Waals surface area contributed by atoms with Crippen molar-refractivity contribution in [3.8, 4) is 6.07 Å². The van der Waals surface area contributed by atoms with Crippen LogP contribution in [0.3, 0.4) is 0 Å². The molecule has 24 heavy (non-hydrogen) atoms. The van der Waals surface area contributed by atoms with Crippen LogP contribution < -0.4 is 4.72 Å². The smallest absolute Gasteiger partial charge is 0.110 e. The number of nitrogens with zero attached hydrogens (tertiary/aromatic N) is 1. The van der Waals surface area contributed by atoms with Gasteiger partial charge in [-0.2, -0.15) is 5.26 Å². The van der Waals surface area contributed by atoms with Crippen LogP contribution in [0.4, 0.5) is 0 Å². The number of thiol groups is 1. The van der Waals surface area contributed by atoms with Gasteiger partial charge < -0.3 is 0 Å². The third-order valence-corrected chi connectivity index (χ3v) is 8.76. The molecule has 4 bridgehead atoms. The molecule has 0 saturated heterocycles. The number of rotatable bonds is 4. The fourth-order valence-corrected chi connectivity index (χ4v) is 7.68. The SMILES string of the molecule is Cc1ccc([SH](C)(=O)N[C@H](C#N)C23CC4CC(CC(C4)C2)C3)cc1. The van der Waals surface area contributed by atoms with Crippen LogP contribution in [-0.4, -0.2) is 16.5 Å². The molecule has 1 N–H and O–H groups in total. The van der Waals surface area contributed by atoms with Gasteiger partial charge in [0.25, 0.3) is 0 Å². The van der Waals surface area contributed by atoms with E-state index in [1.54, 1.807) is 6.26 Å². The zero-order valence-electron chi connectivity index (χ0n) is 14.7. The maximum Gasteiger partial charge on any atom is 0.110 e. The molecule has 0 heterocycles. The van der Waals surface area contributed by atoms with E-state index in [1.807, 2.05) is 31.2 Å². The van der Waals surface area contributed by atoms with Gasteiger partial charge in [0.05, 0.1) is 6.07 Å². The van der Waals surface area contributed by atoms with Gasteiger partial charge in [0, 0.05) is 16.6 Å². The van der Waals surface area contributed by atoms with Crippen LogP contribution in [0.25, 0.3) is 0 Å². The molecule has 0 unspecified atom stereocenters. The molecule has 3 nitrogen and oxygen atoms in total. The van der Waals surface area contributed by atoms with Crippen molar-refractivity contribution in [3.63, 3.8) is 0 Å². The first-order valence-electron chi connectivity index (χ1n) is 9.22. The summed E-state index contributed by atoms with van der Waals surface area (Å²) < 4.78 is 16.7. The van der Waals surface area contributed by atoms with E-state index in [0.29, 0.717) is 0 Å². The molecule has 0 amide bonds. The molecule has 1 aromatic carbocycles. The Morgan fingerprint density at radius 3 is 2.08 bits per heavy atom.